The maximum atomic E-state index is 11.9. The van der Waals surface area contributed by atoms with E-state index in [9.17, 15) is 14.4 Å². The van der Waals surface area contributed by atoms with Gasteiger partial charge < -0.3 is 15.1 Å². The van der Waals surface area contributed by atoms with Crippen LogP contribution in [0, 0.1) is 6.92 Å². The van der Waals surface area contributed by atoms with Gasteiger partial charge in [0.25, 0.3) is 5.91 Å². The van der Waals surface area contributed by atoms with Crippen molar-refractivity contribution < 1.29 is 18.8 Å². The maximum absolute atomic E-state index is 11.9. The topological polar surface area (TPSA) is 113 Å². The number of carbonyl (C=O) groups is 3. The monoisotopic (exact) mass is 404 g/mol. The maximum Gasteiger partial charge on any atom is 0.313 e. The lowest BCUT2D eigenvalue weighted by Gasteiger charge is -2.05. The number of hydrogen-bond acceptors (Lipinski definition) is 5. The summed E-state index contributed by atoms with van der Waals surface area (Å²) in [5, 5.41) is 8.84. The van der Waals surface area contributed by atoms with Gasteiger partial charge in [-0.3, -0.25) is 14.4 Å². The summed E-state index contributed by atoms with van der Waals surface area (Å²) >= 11 is 0. The number of aryl methyl sites for hydroxylation is 1. The van der Waals surface area contributed by atoms with Crippen LogP contribution in [0.2, 0.25) is 0 Å². The van der Waals surface area contributed by atoms with E-state index in [0.29, 0.717) is 22.8 Å². The molecule has 0 unspecified atom stereocenters. The Labute approximate surface area is 173 Å². The molecule has 3 rings (SSSR count). The molecule has 3 amide bonds. The molecule has 0 atom stereocenters. The van der Waals surface area contributed by atoms with Crippen molar-refractivity contribution in [2.75, 3.05) is 5.32 Å². The smallest absolute Gasteiger partial charge is 0.313 e. The Balaban J connectivity index is 1.45. The number of benzene rings is 2. The summed E-state index contributed by atoms with van der Waals surface area (Å²) in [7, 11) is 0. The van der Waals surface area contributed by atoms with Gasteiger partial charge in [-0.15, -0.1) is 0 Å². The highest BCUT2D eigenvalue weighted by Gasteiger charge is 2.14. The van der Waals surface area contributed by atoms with Gasteiger partial charge in [-0.1, -0.05) is 35.9 Å². The fourth-order valence-corrected chi connectivity index (χ4v) is 2.44. The molecule has 0 aliphatic heterocycles. The Morgan fingerprint density at radius 1 is 0.933 bits per heavy atom. The lowest BCUT2D eigenvalue weighted by molar-refractivity contribution is -0.136. The fourth-order valence-electron chi connectivity index (χ4n) is 2.44. The minimum Gasteiger partial charge on any atom is -0.458 e. The summed E-state index contributed by atoms with van der Waals surface area (Å²) in [6.45, 7) is 1.96. The SMILES string of the molecule is Cc1ccc(NC(=O)C(=O)NCc2ccc(/C=N\NC(=O)c3ccccc3)o2)cc1. The molecule has 1 heterocycles. The Bertz CT molecular complexity index is 1060. The standard InChI is InChI=1S/C22H20N4O4/c1-15-7-9-17(10-8-15)25-22(29)21(28)23-13-18-11-12-19(30-18)14-24-26-20(27)16-5-3-2-4-6-16/h2-12,14H,13H2,1H3,(H,23,28)(H,25,29)(H,26,27)/b24-14-. The van der Waals surface area contributed by atoms with Crippen molar-refractivity contribution in [3.8, 4) is 0 Å². The molecular formula is C22H20N4O4. The second kappa shape index (κ2) is 9.83. The molecule has 0 fully saturated rings. The van der Waals surface area contributed by atoms with E-state index in [0.717, 1.165) is 5.56 Å². The van der Waals surface area contributed by atoms with E-state index in [2.05, 4.69) is 21.2 Å². The first-order chi connectivity index (χ1) is 14.5. The molecule has 8 heteroatoms. The van der Waals surface area contributed by atoms with Gasteiger partial charge >= 0.3 is 11.8 Å². The average molecular weight is 404 g/mol. The molecule has 1 aromatic heterocycles. The van der Waals surface area contributed by atoms with Crippen molar-refractivity contribution in [1.29, 1.82) is 0 Å². The number of nitrogens with zero attached hydrogens (tertiary/aromatic N) is 1. The summed E-state index contributed by atoms with van der Waals surface area (Å²) in [5.41, 5.74) is 4.47. The summed E-state index contributed by atoms with van der Waals surface area (Å²) in [4.78, 5) is 35.8. The van der Waals surface area contributed by atoms with E-state index in [1.165, 1.54) is 6.21 Å². The Morgan fingerprint density at radius 2 is 1.67 bits per heavy atom. The third-order valence-corrected chi connectivity index (χ3v) is 4.02. The number of hydrogen-bond donors (Lipinski definition) is 3. The van der Waals surface area contributed by atoms with E-state index in [4.69, 9.17) is 4.42 Å². The predicted octanol–water partition coefficient (Wildman–Crippen LogP) is 2.61. The van der Waals surface area contributed by atoms with Crippen LogP contribution in [0.4, 0.5) is 5.69 Å². The second-order valence-corrected chi connectivity index (χ2v) is 6.37. The van der Waals surface area contributed by atoms with Crippen LogP contribution in [0.25, 0.3) is 0 Å². The Kier molecular flexibility index (Phi) is 6.73. The third kappa shape index (κ3) is 5.90. The number of anilines is 1. The van der Waals surface area contributed by atoms with Crippen LogP contribution in [-0.2, 0) is 16.1 Å². The zero-order valence-corrected chi connectivity index (χ0v) is 16.2. The number of furan rings is 1. The first kappa shape index (κ1) is 20.5. The molecule has 3 N–H and O–H groups in total. The molecule has 8 nitrogen and oxygen atoms in total. The van der Waals surface area contributed by atoms with Crippen LogP contribution in [0.1, 0.15) is 27.4 Å². The van der Waals surface area contributed by atoms with Crippen LogP contribution in [0.3, 0.4) is 0 Å². The van der Waals surface area contributed by atoms with Gasteiger partial charge in [0.1, 0.15) is 11.5 Å². The van der Waals surface area contributed by atoms with E-state index in [1.807, 2.05) is 25.1 Å². The summed E-state index contributed by atoms with van der Waals surface area (Å²) in [6.07, 6.45) is 1.34. The van der Waals surface area contributed by atoms with Crippen LogP contribution < -0.4 is 16.1 Å². The van der Waals surface area contributed by atoms with Crippen molar-refractivity contribution in [3.05, 3.63) is 89.4 Å². The van der Waals surface area contributed by atoms with Gasteiger partial charge in [0.15, 0.2) is 0 Å². The molecule has 0 radical (unpaired) electrons. The molecule has 0 saturated carbocycles. The quantitative estimate of drug-likeness (QED) is 0.333. The van der Waals surface area contributed by atoms with Crippen molar-refractivity contribution in [1.82, 2.24) is 10.7 Å². The zero-order chi connectivity index (χ0) is 21.3. The zero-order valence-electron chi connectivity index (χ0n) is 16.2. The number of nitrogens with one attached hydrogen (secondary N) is 3. The molecule has 0 spiro atoms. The number of carbonyl (C=O) groups excluding carboxylic acids is 3. The highest BCUT2D eigenvalue weighted by atomic mass is 16.3. The van der Waals surface area contributed by atoms with Gasteiger partial charge in [0.05, 0.1) is 12.8 Å². The molecular weight excluding hydrogens is 384 g/mol. The normalized spacial score (nSPS) is 10.6. The lowest BCUT2D eigenvalue weighted by Crippen LogP contribution is -2.34. The largest absolute Gasteiger partial charge is 0.458 e. The first-order valence-corrected chi connectivity index (χ1v) is 9.14. The Morgan fingerprint density at radius 3 is 2.40 bits per heavy atom. The van der Waals surface area contributed by atoms with Crippen LogP contribution >= 0.6 is 0 Å². The minimum absolute atomic E-state index is 0.0321. The first-order valence-electron chi connectivity index (χ1n) is 9.14. The molecule has 30 heavy (non-hydrogen) atoms. The van der Waals surface area contributed by atoms with Gasteiger partial charge in [0, 0.05) is 11.3 Å². The summed E-state index contributed by atoms with van der Waals surface area (Å²) in [5.74, 6) is -1.07. The number of rotatable bonds is 6. The van der Waals surface area contributed by atoms with Crippen molar-refractivity contribution in [2.45, 2.75) is 13.5 Å². The molecule has 3 aromatic rings. The highest BCUT2D eigenvalue weighted by Crippen LogP contribution is 2.09. The van der Waals surface area contributed by atoms with Crippen LogP contribution in [-0.4, -0.2) is 23.9 Å². The molecule has 0 bridgehead atoms. The number of hydrazone groups is 1. The van der Waals surface area contributed by atoms with E-state index >= 15 is 0 Å². The molecule has 0 saturated heterocycles. The lowest BCUT2D eigenvalue weighted by atomic mass is 10.2. The van der Waals surface area contributed by atoms with Crippen LogP contribution in [0.5, 0.6) is 0 Å². The Hall–Kier alpha value is -4.20. The van der Waals surface area contributed by atoms with Crippen LogP contribution in [0.15, 0.2) is 76.2 Å². The third-order valence-electron chi connectivity index (χ3n) is 4.02. The predicted molar refractivity (Wildman–Crippen MR) is 112 cm³/mol. The van der Waals surface area contributed by atoms with Gasteiger partial charge in [0.2, 0.25) is 0 Å². The molecule has 0 aliphatic carbocycles. The van der Waals surface area contributed by atoms with Crippen molar-refractivity contribution in [2.24, 2.45) is 5.10 Å². The van der Waals surface area contributed by atoms with E-state index < -0.39 is 11.8 Å². The van der Waals surface area contributed by atoms with Gasteiger partial charge in [-0.25, -0.2) is 5.43 Å². The molecule has 0 aliphatic rings. The second-order valence-electron chi connectivity index (χ2n) is 6.37. The summed E-state index contributed by atoms with van der Waals surface area (Å²) < 4.78 is 5.49. The summed E-state index contributed by atoms with van der Waals surface area (Å²) in [6, 6.07) is 19.0. The van der Waals surface area contributed by atoms with Crippen molar-refractivity contribution >= 4 is 29.6 Å². The van der Waals surface area contributed by atoms with E-state index in [-0.39, 0.29) is 12.5 Å². The minimum atomic E-state index is -0.780. The molecule has 2 aromatic carbocycles. The average Bonchev–Trinajstić information content (AvgIpc) is 3.22. The van der Waals surface area contributed by atoms with Gasteiger partial charge in [-0.2, -0.15) is 5.10 Å². The highest BCUT2D eigenvalue weighted by molar-refractivity contribution is 6.39. The number of amides is 3. The van der Waals surface area contributed by atoms with E-state index in [1.54, 1.807) is 48.5 Å². The van der Waals surface area contributed by atoms with Gasteiger partial charge in [-0.05, 0) is 43.3 Å². The fraction of sp³-hybridized carbons (Fsp3) is 0.0909. The van der Waals surface area contributed by atoms with Crippen molar-refractivity contribution in [3.63, 3.8) is 0 Å². The molecule has 152 valence electrons.